The summed E-state index contributed by atoms with van der Waals surface area (Å²) in [7, 11) is -1.07. The van der Waals surface area contributed by atoms with Gasteiger partial charge in [0, 0.05) is 13.0 Å². The van der Waals surface area contributed by atoms with Crippen LogP contribution in [-0.2, 0) is 22.8 Å². The van der Waals surface area contributed by atoms with Crippen molar-refractivity contribution in [1.29, 1.82) is 0 Å². The zero-order chi connectivity index (χ0) is 11.6. The van der Waals surface area contributed by atoms with Crippen molar-refractivity contribution in [3.05, 3.63) is 17.8 Å². The molecule has 1 aromatic rings. The SMILES string of the molecule is CNCc1coc(CC2CCCS2(=O)=O)n1. The molecule has 6 heteroatoms. The maximum atomic E-state index is 11.6. The Bertz CT molecular complexity index is 452. The van der Waals surface area contributed by atoms with Crippen LogP contribution in [0.15, 0.2) is 10.7 Å². The van der Waals surface area contributed by atoms with Crippen LogP contribution >= 0.6 is 0 Å². The third-order valence-electron chi connectivity index (χ3n) is 2.82. The Morgan fingerprint density at radius 1 is 1.62 bits per heavy atom. The van der Waals surface area contributed by atoms with Crippen molar-refractivity contribution >= 4 is 9.84 Å². The summed E-state index contributed by atoms with van der Waals surface area (Å²) >= 11 is 0. The van der Waals surface area contributed by atoms with E-state index in [0.717, 1.165) is 18.5 Å². The van der Waals surface area contributed by atoms with Crippen LogP contribution in [0.1, 0.15) is 24.4 Å². The van der Waals surface area contributed by atoms with E-state index >= 15 is 0 Å². The fourth-order valence-corrected chi connectivity index (χ4v) is 3.81. The van der Waals surface area contributed by atoms with Gasteiger partial charge in [0.2, 0.25) is 0 Å². The minimum absolute atomic E-state index is 0.298. The number of oxazole rings is 1. The normalized spacial score (nSPS) is 23.7. The van der Waals surface area contributed by atoms with E-state index in [1.165, 1.54) is 0 Å². The standard InChI is InChI=1S/C10H16N2O3S/c1-11-6-8-7-15-10(12-8)5-9-3-2-4-16(9,13)14/h7,9,11H,2-6H2,1H3. The van der Waals surface area contributed by atoms with Gasteiger partial charge in [-0.1, -0.05) is 0 Å². The molecule has 1 aliphatic heterocycles. The molecule has 0 saturated carbocycles. The van der Waals surface area contributed by atoms with Crippen molar-refractivity contribution < 1.29 is 12.8 Å². The highest BCUT2D eigenvalue weighted by molar-refractivity contribution is 7.92. The molecular weight excluding hydrogens is 228 g/mol. The molecule has 1 aromatic heterocycles. The van der Waals surface area contributed by atoms with Gasteiger partial charge in [-0.3, -0.25) is 0 Å². The van der Waals surface area contributed by atoms with Crippen LogP contribution in [0.4, 0.5) is 0 Å². The quantitative estimate of drug-likeness (QED) is 0.835. The van der Waals surface area contributed by atoms with Crippen LogP contribution in [0.2, 0.25) is 0 Å². The Labute approximate surface area is 95.2 Å². The molecule has 0 spiro atoms. The minimum Gasteiger partial charge on any atom is -0.449 e. The summed E-state index contributed by atoms with van der Waals surface area (Å²) in [6, 6.07) is 0. The van der Waals surface area contributed by atoms with Crippen molar-refractivity contribution in [3.63, 3.8) is 0 Å². The number of nitrogens with one attached hydrogen (secondary N) is 1. The molecule has 0 aliphatic carbocycles. The van der Waals surface area contributed by atoms with Crippen LogP contribution in [0.3, 0.4) is 0 Å². The largest absolute Gasteiger partial charge is 0.449 e. The van der Waals surface area contributed by atoms with E-state index in [0.29, 0.717) is 24.6 Å². The Balaban J connectivity index is 2.03. The van der Waals surface area contributed by atoms with Crippen molar-refractivity contribution in [1.82, 2.24) is 10.3 Å². The van der Waals surface area contributed by atoms with Crippen molar-refractivity contribution in [2.45, 2.75) is 31.1 Å². The number of hydrogen-bond acceptors (Lipinski definition) is 5. The number of sulfone groups is 1. The summed E-state index contributed by atoms with van der Waals surface area (Å²) in [6.45, 7) is 0.640. The first-order chi connectivity index (χ1) is 7.62. The minimum atomic E-state index is -2.90. The van der Waals surface area contributed by atoms with Gasteiger partial charge in [0.1, 0.15) is 6.26 Å². The van der Waals surface area contributed by atoms with Gasteiger partial charge in [0.25, 0.3) is 0 Å². The monoisotopic (exact) mass is 244 g/mol. The highest BCUT2D eigenvalue weighted by Crippen LogP contribution is 2.23. The maximum Gasteiger partial charge on any atom is 0.195 e. The van der Waals surface area contributed by atoms with Gasteiger partial charge in [0.15, 0.2) is 15.7 Å². The molecule has 1 fully saturated rings. The average molecular weight is 244 g/mol. The van der Waals surface area contributed by atoms with Gasteiger partial charge in [-0.05, 0) is 19.9 Å². The van der Waals surface area contributed by atoms with Crippen LogP contribution in [0, 0.1) is 0 Å². The van der Waals surface area contributed by atoms with Crippen LogP contribution in [0.25, 0.3) is 0 Å². The van der Waals surface area contributed by atoms with E-state index in [1.807, 2.05) is 7.05 Å². The van der Waals surface area contributed by atoms with Crippen molar-refractivity contribution in [3.8, 4) is 0 Å². The Hall–Kier alpha value is -0.880. The van der Waals surface area contributed by atoms with Crippen molar-refractivity contribution in [2.24, 2.45) is 0 Å². The molecule has 1 atom stereocenters. The molecule has 0 amide bonds. The molecule has 0 aromatic carbocycles. The lowest BCUT2D eigenvalue weighted by Crippen LogP contribution is -2.18. The zero-order valence-electron chi connectivity index (χ0n) is 9.27. The van der Waals surface area contributed by atoms with E-state index in [9.17, 15) is 8.42 Å². The number of aromatic nitrogens is 1. The van der Waals surface area contributed by atoms with Crippen molar-refractivity contribution in [2.75, 3.05) is 12.8 Å². The first-order valence-electron chi connectivity index (χ1n) is 5.41. The smallest absolute Gasteiger partial charge is 0.195 e. The van der Waals surface area contributed by atoms with Crippen LogP contribution in [0.5, 0.6) is 0 Å². The summed E-state index contributed by atoms with van der Waals surface area (Å²) in [6.07, 6.45) is 3.47. The molecule has 16 heavy (non-hydrogen) atoms. The first-order valence-corrected chi connectivity index (χ1v) is 7.13. The molecular formula is C10H16N2O3S. The maximum absolute atomic E-state index is 11.6. The molecule has 1 aliphatic rings. The van der Waals surface area contributed by atoms with Gasteiger partial charge >= 0.3 is 0 Å². The molecule has 2 rings (SSSR count). The molecule has 1 saturated heterocycles. The number of nitrogens with zero attached hydrogens (tertiary/aromatic N) is 1. The van der Waals surface area contributed by atoms with Gasteiger partial charge in [-0.25, -0.2) is 13.4 Å². The average Bonchev–Trinajstić information content (AvgIpc) is 2.76. The zero-order valence-corrected chi connectivity index (χ0v) is 10.1. The third-order valence-corrected chi connectivity index (χ3v) is 5.10. The fraction of sp³-hybridized carbons (Fsp3) is 0.700. The molecule has 5 nitrogen and oxygen atoms in total. The van der Waals surface area contributed by atoms with Gasteiger partial charge < -0.3 is 9.73 Å². The molecule has 1 unspecified atom stereocenters. The van der Waals surface area contributed by atoms with E-state index in [-0.39, 0.29) is 5.25 Å². The molecule has 0 bridgehead atoms. The van der Waals surface area contributed by atoms with Gasteiger partial charge in [0.05, 0.1) is 16.7 Å². The molecule has 0 radical (unpaired) electrons. The predicted octanol–water partition coefficient (Wildman–Crippen LogP) is 0.514. The summed E-state index contributed by atoms with van der Waals surface area (Å²) in [4.78, 5) is 4.24. The summed E-state index contributed by atoms with van der Waals surface area (Å²) in [5.41, 5.74) is 0.813. The lowest BCUT2D eigenvalue weighted by Gasteiger charge is -2.04. The van der Waals surface area contributed by atoms with E-state index in [2.05, 4.69) is 10.3 Å². The summed E-state index contributed by atoms with van der Waals surface area (Å²) < 4.78 is 28.5. The highest BCUT2D eigenvalue weighted by atomic mass is 32.2. The Morgan fingerprint density at radius 3 is 3.06 bits per heavy atom. The van der Waals surface area contributed by atoms with Gasteiger partial charge in [-0.2, -0.15) is 0 Å². The van der Waals surface area contributed by atoms with Crippen LogP contribution in [-0.4, -0.2) is 31.5 Å². The molecule has 1 N–H and O–H groups in total. The topological polar surface area (TPSA) is 72.2 Å². The second-order valence-electron chi connectivity index (χ2n) is 4.10. The van der Waals surface area contributed by atoms with E-state index < -0.39 is 9.84 Å². The molecule has 2 heterocycles. The second-order valence-corrected chi connectivity index (χ2v) is 6.50. The fourth-order valence-electron chi connectivity index (χ4n) is 1.99. The highest BCUT2D eigenvalue weighted by Gasteiger charge is 2.32. The Kier molecular flexibility index (Phi) is 3.30. The van der Waals surface area contributed by atoms with E-state index in [4.69, 9.17) is 4.42 Å². The lowest BCUT2D eigenvalue weighted by atomic mass is 10.2. The van der Waals surface area contributed by atoms with Gasteiger partial charge in [-0.15, -0.1) is 0 Å². The second kappa shape index (κ2) is 4.55. The summed E-state index contributed by atoms with van der Waals surface area (Å²) in [5.74, 6) is 0.836. The number of rotatable bonds is 4. The van der Waals surface area contributed by atoms with E-state index in [1.54, 1.807) is 6.26 Å². The Morgan fingerprint density at radius 2 is 2.44 bits per heavy atom. The lowest BCUT2D eigenvalue weighted by molar-refractivity contribution is 0.482. The predicted molar refractivity (Wildman–Crippen MR) is 59.8 cm³/mol. The summed E-state index contributed by atoms with van der Waals surface area (Å²) in [5, 5.41) is 2.67. The van der Waals surface area contributed by atoms with Crippen LogP contribution < -0.4 is 5.32 Å². The number of hydrogen-bond donors (Lipinski definition) is 1. The first kappa shape index (κ1) is 11.6. The molecule has 90 valence electrons. The third kappa shape index (κ3) is 2.44.